The summed E-state index contributed by atoms with van der Waals surface area (Å²) in [5, 5.41) is 14.5. The number of anilines is 1. The fourth-order valence-corrected chi connectivity index (χ4v) is 1.66. The largest absolute Gasteiger partial charge is 0.379 e. The van der Waals surface area contributed by atoms with Crippen LogP contribution in [0.15, 0.2) is 12.1 Å². The minimum absolute atomic E-state index is 0.0552. The molecule has 1 aromatic carbocycles. The number of nitrogens with zero attached hydrogens (tertiary/aromatic N) is 1. The first kappa shape index (κ1) is 15.1. The summed E-state index contributed by atoms with van der Waals surface area (Å²) in [7, 11) is 0. The topological polar surface area (TPSA) is 55.2 Å². The highest BCUT2D eigenvalue weighted by Gasteiger charge is 2.17. The van der Waals surface area contributed by atoms with Crippen molar-refractivity contribution >= 4 is 34.6 Å². The third-order valence-corrected chi connectivity index (χ3v) is 3.71. The van der Waals surface area contributed by atoms with E-state index in [0.717, 1.165) is 0 Å². The molecule has 0 fully saturated rings. The molecular weight excluding hydrogens is 275 g/mol. The number of nitro benzene ring substituents is 1. The highest BCUT2D eigenvalue weighted by molar-refractivity contribution is 6.42. The van der Waals surface area contributed by atoms with Crippen LogP contribution in [-0.4, -0.2) is 11.5 Å². The van der Waals surface area contributed by atoms with Gasteiger partial charge in [0.1, 0.15) is 5.69 Å². The van der Waals surface area contributed by atoms with E-state index in [0.29, 0.717) is 29.1 Å². The van der Waals surface area contributed by atoms with Crippen molar-refractivity contribution in [3.63, 3.8) is 0 Å². The van der Waals surface area contributed by atoms with Crippen molar-refractivity contribution in [3.8, 4) is 0 Å². The van der Waals surface area contributed by atoms with Gasteiger partial charge < -0.3 is 5.32 Å². The molecule has 0 bridgehead atoms. The standard InChI is InChI=1S/C12H16Cl2N2O2/c1-7(2)8(3)6-15-11-4-9(13)10(14)5-12(11)16(17)18/h4-5,7-8,15H,6H2,1-3H3. The molecule has 0 heterocycles. The van der Waals surface area contributed by atoms with Crippen LogP contribution in [0.3, 0.4) is 0 Å². The molecule has 0 aliphatic carbocycles. The van der Waals surface area contributed by atoms with Gasteiger partial charge in [0, 0.05) is 12.6 Å². The molecule has 1 N–H and O–H groups in total. The summed E-state index contributed by atoms with van der Waals surface area (Å²) < 4.78 is 0. The first-order valence-corrected chi connectivity index (χ1v) is 6.45. The lowest BCUT2D eigenvalue weighted by atomic mass is 9.98. The second-order valence-electron chi connectivity index (χ2n) is 4.64. The first-order chi connectivity index (χ1) is 8.32. The summed E-state index contributed by atoms with van der Waals surface area (Å²) >= 11 is 11.7. The summed E-state index contributed by atoms with van der Waals surface area (Å²) in [5.74, 6) is 0.901. The van der Waals surface area contributed by atoms with E-state index in [9.17, 15) is 10.1 Å². The van der Waals surface area contributed by atoms with Crippen LogP contribution in [0.1, 0.15) is 20.8 Å². The molecule has 100 valence electrons. The van der Waals surface area contributed by atoms with Gasteiger partial charge in [-0.1, -0.05) is 44.0 Å². The number of rotatable bonds is 5. The Kier molecular flexibility index (Phi) is 5.23. The molecule has 1 aromatic rings. The number of hydrogen-bond acceptors (Lipinski definition) is 3. The molecule has 0 amide bonds. The van der Waals surface area contributed by atoms with Gasteiger partial charge in [0.2, 0.25) is 0 Å². The molecule has 0 saturated carbocycles. The van der Waals surface area contributed by atoms with E-state index < -0.39 is 4.92 Å². The molecule has 0 aliphatic rings. The lowest BCUT2D eigenvalue weighted by Gasteiger charge is -2.17. The van der Waals surface area contributed by atoms with Crippen LogP contribution >= 0.6 is 23.2 Å². The van der Waals surface area contributed by atoms with Crippen molar-refractivity contribution in [2.24, 2.45) is 11.8 Å². The van der Waals surface area contributed by atoms with Gasteiger partial charge in [-0.05, 0) is 17.9 Å². The fraction of sp³-hybridized carbons (Fsp3) is 0.500. The van der Waals surface area contributed by atoms with Crippen molar-refractivity contribution in [1.82, 2.24) is 0 Å². The highest BCUT2D eigenvalue weighted by atomic mass is 35.5. The molecule has 0 radical (unpaired) electrons. The molecule has 0 aromatic heterocycles. The average molecular weight is 291 g/mol. The molecule has 1 atom stereocenters. The molecule has 1 unspecified atom stereocenters. The van der Waals surface area contributed by atoms with E-state index in [1.54, 1.807) is 0 Å². The Balaban J connectivity index is 2.93. The van der Waals surface area contributed by atoms with Crippen LogP contribution < -0.4 is 5.32 Å². The summed E-state index contributed by atoms with van der Waals surface area (Å²) in [6.07, 6.45) is 0. The zero-order valence-corrected chi connectivity index (χ0v) is 12.0. The Morgan fingerprint density at radius 2 is 1.83 bits per heavy atom. The minimum atomic E-state index is -0.468. The van der Waals surface area contributed by atoms with Gasteiger partial charge in [0.15, 0.2) is 0 Å². The van der Waals surface area contributed by atoms with Crippen molar-refractivity contribution in [3.05, 3.63) is 32.3 Å². The maximum absolute atomic E-state index is 10.9. The maximum Gasteiger partial charge on any atom is 0.293 e. The highest BCUT2D eigenvalue weighted by Crippen LogP contribution is 2.34. The number of benzene rings is 1. The summed E-state index contributed by atoms with van der Waals surface area (Å²) in [6, 6.07) is 2.77. The van der Waals surface area contributed by atoms with E-state index in [1.807, 2.05) is 0 Å². The predicted molar refractivity (Wildman–Crippen MR) is 75.6 cm³/mol. The minimum Gasteiger partial charge on any atom is -0.379 e. The van der Waals surface area contributed by atoms with E-state index in [1.165, 1.54) is 12.1 Å². The van der Waals surface area contributed by atoms with Gasteiger partial charge in [0.25, 0.3) is 5.69 Å². The predicted octanol–water partition coefficient (Wildman–Crippen LogP) is 4.61. The van der Waals surface area contributed by atoms with E-state index in [2.05, 4.69) is 26.1 Å². The Morgan fingerprint density at radius 1 is 1.28 bits per heavy atom. The van der Waals surface area contributed by atoms with Gasteiger partial charge in [-0.25, -0.2) is 0 Å². The van der Waals surface area contributed by atoms with Crippen LogP contribution in [0.25, 0.3) is 0 Å². The van der Waals surface area contributed by atoms with Crippen LogP contribution in [-0.2, 0) is 0 Å². The van der Waals surface area contributed by atoms with Gasteiger partial charge in [-0.2, -0.15) is 0 Å². The zero-order valence-electron chi connectivity index (χ0n) is 10.5. The van der Waals surface area contributed by atoms with Crippen LogP contribution in [0.5, 0.6) is 0 Å². The van der Waals surface area contributed by atoms with Gasteiger partial charge in [-0.3, -0.25) is 10.1 Å². The molecule has 18 heavy (non-hydrogen) atoms. The second kappa shape index (κ2) is 6.25. The quantitative estimate of drug-likeness (QED) is 0.637. The molecule has 1 rings (SSSR count). The number of nitrogens with one attached hydrogen (secondary N) is 1. The van der Waals surface area contributed by atoms with Crippen LogP contribution in [0.4, 0.5) is 11.4 Å². The fourth-order valence-electron chi connectivity index (χ4n) is 1.34. The molecule has 4 nitrogen and oxygen atoms in total. The van der Waals surface area contributed by atoms with Gasteiger partial charge in [-0.15, -0.1) is 0 Å². The summed E-state index contributed by atoms with van der Waals surface area (Å²) in [5.41, 5.74) is 0.349. The Morgan fingerprint density at radius 3 is 2.33 bits per heavy atom. The van der Waals surface area contributed by atoms with Crippen molar-refractivity contribution in [2.75, 3.05) is 11.9 Å². The van der Waals surface area contributed by atoms with Gasteiger partial charge in [0.05, 0.1) is 15.0 Å². The summed E-state index contributed by atoms with van der Waals surface area (Å²) in [6.45, 7) is 6.95. The monoisotopic (exact) mass is 290 g/mol. The normalized spacial score (nSPS) is 12.6. The lowest BCUT2D eigenvalue weighted by Crippen LogP contribution is -2.16. The second-order valence-corrected chi connectivity index (χ2v) is 5.46. The van der Waals surface area contributed by atoms with Crippen LogP contribution in [0.2, 0.25) is 10.0 Å². The number of halogens is 2. The lowest BCUT2D eigenvalue weighted by molar-refractivity contribution is -0.383. The van der Waals surface area contributed by atoms with Crippen molar-refractivity contribution in [1.29, 1.82) is 0 Å². The molecule has 0 saturated heterocycles. The SMILES string of the molecule is CC(C)C(C)CNc1cc(Cl)c(Cl)cc1[N+](=O)[O-]. The Bertz CT molecular complexity index is 450. The van der Waals surface area contributed by atoms with Gasteiger partial charge >= 0.3 is 0 Å². The Hall–Kier alpha value is -1.00. The average Bonchev–Trinajstić information content (AvgIpc) is 2.29. The Labute approximate surface area is 116 Å². The van der Waals surface area contributed by atoms with E-state index in [4.69, 9.17) is 23.2 Å². The van der Waals surface area contributed by atoms with Crippen molar-refractivity contribution in [2.45, 2.75) is 20.8 Å². The number of hydrogen-bond donors (Lipinski definition) is 1. The smallest absolute Gasteiger partial charge is 0.293 e. The first-order valence-electron chi connectivity index (χ1n) is 5.70. The number of nitro groups is 1. The van der Waals surface area contributed by atoms with E-state index in [-0.39, 0.29) is 10.7 Å². The molecule has 0 spiro atoms. The van der Waals surface area contributed by atoms with Crippen molar-refractivity contribution < 1.29 is 4.92 Å². The molecular formula is C12H16Cl2N2O2. The van der Waals surface area contributed by atoms with E-state index >= 15 is 0 Å². The molecule has 0 aliphatic heterocycles. The maximum atomic E-state index is 10.9. The summed E-state index contributed by atoms with van der Waals surface area (Å²) in [4.78, 5) is 10.5. The third kappa shape index (κ3) is 3.75. The zero-order chi connectivity index (χ0) is 13.9. The third-order valence-electron chi connectivity index (χ3n) is 2.99. The van der Waals surface area contributed by atoms with Crippen LogP contribution in [0, 0.1) is 22.0 Å². The molecule has 6 heteroatoms.